The molecule has 0 saturated heterocycles. The van der Waals surface area contributed by atoms with Crippen LogP contribution in [0.3, 0.4) is 0 Å². The Morgan fingerprint density at radius 1 is 1.00 bits per heavy atom. The van der Waals surface area contributed by atoms with Gasteiger partial charge >= 0.3 is 8.08 Å². The zero-order valence-corrected chi connectivity index (χ0v) is 13.8. The van der Waals surface area contributed by atoms with Gasteiger partial charge in [0.05, 0.1) is 0 Å². The van der Waals surface area contributed by atoms with Crippen LogP contribution in [-0.4, -0.2) is 34.5 Å². The Bertz CT molecular complexity index is 189. The van der Waals surface area contributed by atoms with Crippen LogP contribution < -0.4 is 5.73 Å². The van der Waals surface area contributed by atoms with Crippen LogP contribution in [0, 0.1) is 0 Å². The molecule has 0 saturated carbocycles. The topological polar surface area (TPSA) is 44.5 Å². The third-order valence-corrected chi connectivity index (χ3v) is 15.9. The van der Waals surface area contributed by atoms with E-state index in [-0.39, 0.29) is 5.67 Å². The zero-order chi connectivity index (χ0) is 12.8. The molecule has 98 valence electrons. The fraction of sp³-hybridized carbons (Fsp3) is 1.00. The molecular weight excluding hydrogens is 234 g/mol. The van der Waals surface area contributed by atoms with Crippen molar-refractivity contribution in [1.29, 1.82) is 0 Å². The van der Waals surface area contributed by atoms with E-state index in [2.05, 4.69) is 26.6 Å². The van der Waals surface area contributed by atoms with E-state index < -0.39 is 15.7 Å². The minimum atomic E-state index is -2.20. The predicted octanol–water partition coefficient (Wildman–Crippen LogP) is 2.58. The molecule has 0 aromatic rings. The number of hydrogen-bond acceptors (Lipinski definition) is 3. The lowest BCUT2D eigenvalue weighted by Crippen LogP contribution is -2.72. The second-order valence-electron chi connectivity index (χ2n) is 5.18. The quantitative estimate of drug-likeness (QED) is 0.685. The second kappa shape index (κ2) is 6.91. The van der Waals surface area contributed by atoms with E-state index in [4.69, 9.17) is 14.6 Å². The molecule has 0 bridgehead atoms. The molecule has 0 aliphatic heterocycles. The molecule has 0 aromatic heterocycles. The zero-order valence-electron chi connectivity index (χ0n) is 11.8. The maximum atomic E-state index is 6.37. The molecule has 0 aliphatic carbocycles. The third-order valence-electron chi connectivity index (χ3n) is 2.85. The van der Waals surface area contributed by atoms with Gasteiger partial charge in [-0.3, -0.25) is 0 Å². The summed E-state index contributed by atoms with van der Waals surface area (Å²) in [6.07, 6.45) is 2.11. The monoisotopic (exact) mass is 263 g/mol. The summed E-state index contributed by atoms with van der Waals surface area (Å²) < 4.78 is 12.2. The van der Waals surface area contributed by atoms with E-state index in [1.54, 1.807) is 0 Å². The highest BCUT2D eigenvalue weighted by Gasteiger charge is 2.54. The van der Waals surface area contributed by atoms with Gasteiger partial charge < -0.3 is 14.6 Å². The summed E-state index contributed by atoms with van der Waals surface area (Å²) >= 11 is 0. The number of rotatable bonds is 8. The van der Waals surface area contributed by atoms with E-state index in [1.807, 2.05) is 13.8 Å². The van der Waals surface area contributed by atoms with Gasteiger partial charge in [-0.2, -0.15) is 0 Å². The first-order valence-corrected chi connectivity index (χ1v) is 12.8. The van der Waals surface area contributed by atoms with Crippen molar-refractivity contribution in [2.75, 3.05) is 13.2 Å². The summed E-state index contributed by atoms with van der Waals surface area (Å²) in [6.45, 7) is 14.6. The SMILES string of the molecule is CCCC(N)[Si](OCC)(OCC)[Si](C)(C)C. The molecule has 0 radical (unpaired) electrons. The van der Waals surface area contributed by atoms with Crippen LogP contribution >= 0.6 is 0 Å². The van der Waals surface area contributed by atoms with Crippen molar-refractivity contribution in [2.45, 2.75) is 58.9 Å². The van der Waals surface area contributed by atoms with Crippen molar-refractivity contribution in [1.82, 2.24) is 0 Å². The lowest BCUT2D eigenvalue weighted by atomic mass is 10.3. The standard InChI is InChI=1S/C11H29NO2Si2/c1-7-10-11(12)16(13-8-2,14-9-3)15(4,5)6/h11H,7-10,12H2,1-6H3. The fourth-order valence-corrected chi connectivity index (χ4v) is 13.4. The van der Waals surface area contributed by atoms with Gasteiger partial charge in [0.15, 0.2) is 0 Å². The summed E-state index contributed by atoms with van der Waals surface area (Å²) in [5.74, 6) is 0. The third kappa shape index (κ3) is 3.66. The Morgan fingerprint density at radius 3 is 1.69 bits per heavy atom. The van der Waals surface area contributed by atoms with Crippen LogP contribution in [0.1, 0.15) is 33.6 Å². The van der Waals surface area contributed by atoms with Crippen LogP contribution in [0.5, 0.6) is 0 Å². The van der Waals surface area contributed by atoms with Crippen LogP contribution in [0.4, 0.5) is 0 Å². The normalized spacial score (nSPS) is 15.2. The summed E-state index contributed by atoms with van der Waals surface area (Å²) in [4.78, 5) is 0. The van der Waals surface area contributed by atoms with Crippen molar-refractivity contribution in [3.8, 4) is 0 Å². The average Bonchev–Trinajstić information content (AvgIpc) is 2.15. The molecule has 5 heteroatoms. The van der Waals surface area contributed by atoms with Gasteiger partial charge in [-0.05, 0) is 20.3 Å². The first kappa shape index (κ1) is 16.3. The maximum Gasteiger partial charge on any atom is 0.332 e. The van der Waals surface area contributed by atoms with Crippen molar-refractivity contribution in [2.24, 2.45) is 5.73 Å². The van der Waals surface area contributed by atoms with E-state index in [9.17, 15) is 0 Å². The predicted molar refractivity (Wildman–Crippen MR) is 75.2 cm³/mol. The lowest BCUT2D eigenvalue weighted by molar-refractivity contribution is 0.189. The maximum absolute atomic E-state index is 6.37. The Balaban J connectivity index is 5.07. The summed E-state index contributed by atoms with van der Waals surface area (Å²) in [7, 11) is -3.71. The molecule has 0 spiro atoms. The molecule has 0 rings (SSSR count). The summed E-state index contributed by atoms with van der Waals surface area (Å²) in [5.41, 5.74) is 6.48. The molecule has 0 amide bonds. The van der Waals surface area contributed by atoms with Gasteiger partial charge in [-0.25, -0.2) is 0 Å². The van der Waals surface area contributed by atoms with Crippen molar-refractivity contribution < 1.29 is 8.85 Å². The Hall–Kier alpha value is 0.314. The molecule has 0 fully saturated rings. The molecule has 1 atom stereocenters. The van der Waals surface area contributed by atoms with Gasteiger partial charge in [0.25, 0.3) is 0 Å². The first-order valence-electron chi connectivity index (χ1n) is 6.39. The fourth-order valence-electron chi connectivity index (χ4n) is 2.17. The lowest BCUT2D eigenvalue weighted by Gasteiger charge is -2.43. The minimum Gasteiger partial charge on any atom is -0.396 e. The molecule has 16 heavy (non-hydrogen) atoms. The van der Waals surface area contributed by atoms with E-state index >= 15 is 0 Å². The van der Waals surface area contributed by atoms with Gasteiger partial charge in [0, 0.05) is 18.9 Å². The summed E-state index contributed by atoms with van der Waals surface area (Å²) in [6, 6.07) is 0. The van der Waals surface area contributed by atoms with E-state index in [0.717, 1.165) is 12.8 Å². The van der Waals surface area contributed by atoms with Crippen LogP contribution in [-0.2, 0) is 8.85 Å². The Morgan fingerprint density at radius 2 is 1.44 bits per heavy atom. The molecule has 2 N–H and O–H groups in total. The van der Waals surface area contributed by atoms with Gasteiger partial charge in [-0.1, -0.05) is 33.0 Å². The highest BCUT2D eigenvalue weighted by atomic mass is 29.3. The molecular formula is C11H29NO2Si2. The molecule has 1 unspecified atom stereocenters. The molecule has 0 aliphatic rings. The van der Waals surface area contributed by atoms with Crippen molar-refractivity contribution in [3.05, 3.63) is 0 Å². The highest BCUT2D eigenvalue weighted by Crippen LogP contribution is 2.26. The Labute approximate surface area is 103 Å². The number of hydrogen-bond donors (Lipinski definition) is 1. The van der Waals surface area contributed by atoms with Gasteiger partial charge in [-0.15, -0.1) is 0 Å². The van der Waals surface area contributed by atoms with Gasteiger partial charge in [0.1, 0.15) is 7.59 Å². The van der Waals surface area contributed by atoms with Crippen LogP contribution in [0.25, 0.3) is 0 Å². The van der Waals surface area contributed by atoms with Crippen molar-refractivity contribution >= 4 is 15.7 Å². The average molecular weight is 264 g/mol. The Kier molecular flexibility index (Phi) is 7.04. The second-order valence-corrected chi connectivity index (χ2v) is 18.9. The van der Waals surface area contributed by atoms with Crippen molar-refractivity contribution in [3.63, 3.8) is 0 Å². The largest absolute Gasteiger partial charge is 0.396 e. The molecule has 3 nitrogen and oxygen atoms in total. The van der Waals surface area contributed by atoms with E-state index in [1.165, 1.54) is 0 Å². The minimum absolute atomic E-state index is 0.115. The molecule has 0 aromatic carbocycles. The van der Waals surface area contributed by atoms with E-state index in [0.29, 0.717) is 13.2 Å². The smallest absolute Gasteiger partial charge is 0.332 e. The van der Waals surface area contributed by atoms with Crippen LogP contribution in [0.2, 0.25) is 19.6 Å². The van der Waals surface area contributed by atoms with Crippen LogP contribution in [0.15, 0.2) is 0 Å². The first-order chi connectivity index (χ1) is 7.35. The highest BCUT2D eigenvalue weighted by molar-refractivity contribution is 7.36. The number of nitrogens with two attached hydrogens (primary N) is 1. The summed E-state index contributed by atoms with van der Waals surface area (Å²) in [5, 5.41) is 0. The molecule has 0 heterocycles. The van der Waals surface area contributed by atoms with Gasteiger partial charge in [0.2, 0.25) is 0 Å².